The van der Waals surface area contributed by atoms with Gasteiger partial charge in [-0.05, 0) is 0 Å². The number of carbonyl (C=O) groups excluding carboxylic acids is 1. The predicted molar refractivity (Wildman–Crippen MR) is 62.6 cm³/mol. The number of benzene rings is 1. The van der Waals surface area contributed by atoms with E-state index in [0.717, 1.165) is 5.02 Å². The Kier molecular flexibility index (Phi) is 5.48. The first-order valence-corrected chi connectivity index (χ1v) is 6.70. The van der Waals surface area contributed by atoms with Crippen molar-refractivity contribution >= 4 is 37.0 Å². The molecule has 0 radical (unpaired) electrons. The number of hydrogen-bond acceptors (Lipinski definition) is 2. The van der Waals surface area contributed by atoms with Crippen LogP contribution >= 0.6 is 11.6 Å². The monoisotopic (exact) mass is 290 g/mol. The van der Waals surface area contributed by atoms with E-state index in [2.05, 4.69) is 0 Å². The van der Waals surface area contributed by atoms with Crippen molar-refractivity contribution in [2.75, 3.05) is 6.61 Å². The number of rotatable bonds is 4. The fourth-order valence-electron chi connectivity index (χ4n) is 0.872. The minimum atomic E-state index is -0.284. The number of hydrogen-bond donors (Lipinski definition) is 0. The van der Waals surface area contributed by atoms with E-state index in [4.69, 9.17) is 16.3 Å². The molecule has 0 unspecified atom stereocenters. The van der Waals surface area contributed by atoms with E-state index < -0.39 is 0 Å². The molecule has 0 heterocycles. The van der Waals surface area contributed by atoms with Gasteiger partial charge in [0.15, 0.2) is 0 Å². The standard InChI is InChI=1S/C11H11ClO2Se/c1-2-14-11(13)7-8-15-10-5-3-9(12)4-6-10/h3-8H,2H2,1H3/b8-7+. The van der Waals surface area contributed by atoms with Gasteiger partial charge in [-0.15, -0.1) is 0 Å². The topological polar surface area (TPSA) is 26.3 Å². The summed E-state index contributed by atoms with van der Waals surface area (Å²) in [5, 5.41) is 0.726. The van der Waals surface area contributed by atoms with E-state index in [0.29, 0.717) is 6.61 Å². The van der Waals surface area contributed by atoms with Crippen LogP contribution < -0.4 is 4.46 Å². The molecule has 0 amide bonds. The summed E-state index contributed by atoms with van der Waals surface area (Å²) in [6, 6.07) is 7.60. The molecular formula is C11H11ClO2Se. The van der Waals surface area contributed by atoms with Crippen LogP contribution in [0.1, 0.15) is 6.92 Å². The number of ether oxygens (including phenoxy) is 1. The molecule has 1 aromatic rings. The van der Waals surface area contributed by atoms with Crippen LogP contribution in [0.25, 0.3) is 0 Å². The number of esters is 1. The van der Waals surface area contributed by atoms with Crippen LogP contribution in [0, 0.1) is 0 Å². The second kappa shape index (κ2) is 6.67. The first-order valence-electron chi connectivity index (χ1n) is 4.48. The zero-order valence-electron chi connectivity index (χ0n) is 8.27. The molecule has 0 N–H and O–H groups in total. The summed E-state index contributed by atoms with van der Waals surface area (Å²) < 4.78 is 5.94. The Morgan fingerprint density at radius 3 is 2.73 bits per heavy atom. The molecule has 0 bridgehead atoms. The van der Waals surface area contributed by atoms with Gasteiger partial charge in [0.25, 0.3) is 0 Å². The zero-order valence-corrected chi connectivity index (χ0v) is 10.7. The summed E-state index contributed by atoms with van der Waals surface area (Å²) in [5.41, 5.74) is 0. The molecule has 0 aliphatic carbocycles. The average molecular weight is 290 g/mol. The van der Waals surface area contributed by atoms with Gasteiger partial charge in [-0.2, -0.15) is 0 Å². The summed E-state index contributed by atoms with van der Waals surface area (Å²) in [7, 11) is 0. The quantitative estimate of drug-likeness (QED) is 0.479. The maximum atomic E-state index is 11.0. The summed E-state index contributed by atoms with van der Waals surface area (Å²) in [4.78, 5) is 12.8. The van der Waals surface area contributed by atoms with Crippen molar-refractivity contribution in [3.63, 3.8) is 0 Å². The van der Waals surface area contributed by atoms with Crippen LogP contribution in [0.4, 0.5) is 0 Å². The van der Waals surface area contributed by atoms with Crippen molar-refractivity contribution in [2.45, 2.75) is 6.92 Å². The normalized spacial score (nSPS) is 10.5. The Balaban J connectivity index is 2.43. The van der Waals surface area contributed by atoms with E-state index in [1.165, 1.54) is 10.5 Å². The molecule has 2 nitrogen and oxygen atoms in total. The van der Waals surface area contributed by atoms with Crippen LogP contribution in [0.3, 0.4) is 0 Å². The van der Waals surface area contributed by atoms with Crippen molar-refractivity contribution < 1.29 is 9.53 Å². The van der Waals surface area contributed by atoms with E-state index in [1.54, 1.807) is 6.92 Å². The van der Waals surface area contributed by atoms with Gasteiger partial charge in [0.1, 0.15) is 0 Å². The number of halogens is 1. The molecule has 4 heteroatoms. The third kappa shape index (κ3) is 5.03. The molecule has 0 saturated heterocycles. The van der Waals surface area contributed by atoms with Gasteiger partial charge in [-0.25, -0.2) is 0 Å². The van der Waals surface area contributed by atoms with Crippen LogP contribution in [-0.2, 0) is 9.53 Å². The van der Waals surface area contributed by atoms with Crippen molar-refractivity contribution in [1.29, 1.82) is 0 Å². The van der Waals surface area contributed by atoms with Gasteiger partial charge in [0.2, 0.25) is 0 Å². The third-order valence-corrected chi connectivity index (χ3v) is 3.47. The summed E-state index contributed by atoms with van der Waals surface area (Å²) in [6.45, 7) is 2.20. The zero-order chi connectivity index (χ0) is 11.1. The third-order valence-electron chi connectivity index (χ3n) is 1.51. The SMILES string of the molecule is CCOC(=O)/C=C/[Se]c1ccc(Cl)cc1. The molecule has 0 fully saturated rings. The van der Waals surface area contributed by atoms with E-state index in [9.17, 15) is 4.79 Å². The predicted octanol–water partition coefficient (Wildman–Crippen LogP) is 1.75. The van der Waals surface area contributed by atoms with Gasteiger partial charge >= 0.3 is 100 Å². The van der Waals surface area contributed by atoms with E-state index in [-0.39, 0.29) is 20.9 Å². The van der Waals surface area contributed by atoms with Gasteiger partial charge in [0.05, 0.1) is 0 Å². The van der Waals surface area contributed by atoms with Crippen molar-refractivity contribution in [2.24, 2.45) is 0 Å². The van der Waals surface area contributed by atoms with Crippen molar-refractivity contribution in [1.82, 2.24) is 0 Å². The first-order chi connectivity index (χ1) is 7.22. The Morgan fingerprint density at radius 2 is 2.13 bits per heavy atom. The Labute approximate surface area is 100 Å². The Hall–Kier alpha value is -0.761. The summed E-state index contributed by atoms with van der Waals surface area (Å²) >= 11 is 5.90. The van der Waals surface area contributed by atoms with Gasteiger partial charge < -0.3 is 0 Å². The van der Waals surface area contributed by atoms with E-state index >= 15 is 0 Å². The summed E-state index contributed by atoms with van der Waals surface area (Å²) in [6.07, 6.45) is 1.47. The Morgan fingerprint density at radius 1 is 1.47 bits per heavy atom. The molecule has 0 atom stereocenters. The van der Waals surface area contributed by atoms with Crippen LogP contribution in [0.5, 0.6) is 0 Å². The Bertz CT molecular complexity index is 346. The molecule has 0 saturated carbocycles. The fourth-order valence-corrected chi connectivity index (χ4v) is 2.32. The summed E-state index contributed by atoms with van der Waals surface area (Å²) in [5.74, 6) is -0.284. The van der Waals surface area contributed by atoms with E-state index in [1.807, 2.05) is 29.2 Å². The molecule has 80 valence electrons. The van der Waals surface area contributed by atoms with Gasteiger partial charge in [0, 0.05) is 0 Å². The fraction of sp³-hybridized carbons (Fsp3) is 0.182. The minimum absolute atomic E-state index is 0.150. The van der Waals surface area contributed by atoms with Crippen LogP contribution in [-0.4, -0.2) is 27.5 Å². The van der Waals surface area contributed by atoms with Crippen LogP contribution in [0.2, 0.25) is 5.02 Å². The van der Waals surface area contributed by atoms with Crippen molar-refractivity contribution in [3.8, 4) is 0 Å². The molecule has 1 rings (SSSR count). The van der Waals surface area contributed by atoms with Gasteiger partial charge in [-0.1, -0.05) is 0 Å². The second-order valence-electron chi connectivity index (χ2n) is 2.63. The molecule has 0 aromatic heterocycles. The van der Waals surface area contributed by atoms with Gasteiger partial charge in [-0.3, -0.25) is 0 Å². The molecular weight excluding hydrogens is 279 g/mol. The maximum absolute atomic E-state index is 11.0. The molecule has 15 heavy (non-hydrogen) atoms. The average Bonchev–Trinajstić information content (AvgIpc) is 2.21. The molecule has 0 aliphatic heterocycles. The molecule has 0 aliphatic rings. The first kappa shape index (κ1) is 12.3. The second-order valence-corrected chi connectivity index (χ2v) is 5.12. The molecule has 1 aromatic carbocycles. The van der Waals surface area contributed by atoms with Crippen molar-refractivity contribution in [3.05, 3.63) is 40.3 Å². The molecule has 0 spiro atoms. The number of carbonyl (C=O) groups is 1. The van der Waals surface area contributed by atoms with Crippen LogP contribution in [0.15, 0.2) is 35.3 Å².